The lowest BCUT2D eigenvalue weighted by Gasteiger charge is -2.25. The van der Waals surface area contributed by atoms with Crippen LogP contribution in [0.1, 0.15) is 43.7 Å². The van der Waals surface area contributed by atoms with E-state index in [9.17, 15) is 14.7 Å². The van der Waals surface area contributed by atoms with Crippen LogP contribution in [0.5, 0.6) is 0 Å². The zero-order chi connectivity index (χ0) is 21.5. The number of rotatable bonds is 10. The van der Waals surface area contributed by atoms with Crippen molar-refractivity contribution in [1.29, 1.82) is 0 Å². The van der Waals surface area contributed by atoms with Crippen molar-refractivity contribution in [2.45, 2.75) is 38.6 Å². The van der Waals surface area contributed by atoms with Gasteiger partial charge in [-0.25, -0.2) is 9.59 Å². The monoisotopic (exact) mass is 410 g/mol. The molecule has 0 heterocycles. The summed E-state index contributed by atoms with van der Waals surface area (Å²) in [6.45, 7) is 6.06. The quantitative estimate of drug-likeness (QED) is 0.610. The fraction of sp³-hybridized carbons (Fsp3) is 0.417. The Labute approximate surface area is 177 Å². The molecule has 0 bridgehead atoms. The third kappa shape index (κ3) is 5.00. The number of allylic oxidation sites excluding steroid dienone is 5. The summed E-state index contributed by atoms with van der Waals surface area (Å²) in [4.78, 5) is 26.1. The molecule has 1 aromatic carbocycles. The van der Waals surface area contributed by atoms with Gasteiger partial charge in [0.1, 0.15) is 12.6 Å². The molecule has 0 radical (unpaired) electrons. The molecule has 3 rings (SSSR count). The van der Waals surface area contributed by atoms with Crippen LogP contribution in [0.15, 0.2) is 54.1 Å². The minimum Gasteiger partial charge on any atom is -0.480 e. The number of aliphatic carboxylic acids is 1. The van der Waals surface area contributed by atoms with E-state index >= 15 is 0 Å². The van der Waals surface area contributed by atoms with Gasteiger partial charge in [-0.3, -0.25) is 0 Å². The highest BCUT2D eigenvalue weighted by atomic mass is 16.5. The molecule has 0 spiro atoms. The average Bonchev–Trinajstić information content (AvgIpc) is 3.06. The van der Waals surface area contributed by atoms with Crippen molar-refractivity contribution in [2.75, 3.05) is 26.2 Å². The third-order valence-corrected chi connectivity index (χ3v) is 5.45. The molecule has 2 atom stereocenters. The topological polar surface area (TPSA) is 78.9 Å². The number of fused-ring (bicyclic) bond motifs is 3. The van der Waals surface area contributed by atoms with Crippen molar-refractivity contribution < 1.29 is 19.4 Å². The maximum Gasteiger partial charge on any atom is 0.408 e. The normalized spacial score (nSPS) is 17.6. The summed E-state index contributed by atoms with van der Waals surface area (Å²) >= 11 is 0. The molecular formula is C24H30N2O4. The minimum absolute atomic E-state index is 0.104. The smallest absolute Gasteiger partial charge is 0.408 e. The van der Waals surface area contributed by atoms with Crippen molar-refractivity contribution in [2.24, 2.45) is 0 Å². The van der Waals surface area contributed by atoms with Gasteiger partial charge in [0.05, 0.1) is 0 Å². The number of benzene rings is 1. The molecule has 0 aromatic heterocycles. The number of ether oxygens (including phenoxy) is 1. The van der Waals surface area contributed by atoms with E-state index in [1.165, 1.54) is 5.56 Å². The summed E-state index contributed by atoms with van der Waals surface area (Å²) in [7, 11) is 0. The van der Waals surface area contributed by atoms with Crippen LogP contribution in [0, 0.1) is 0 Å². The molecule has 0 saturated carbocycles. The van der Waals surface area contributed by atoms with E-state index in [1.807, 2.05) is 30.4 Å². The molecule has 0 unspecified atom stereocenters. The van der Waals surface area contributed by atoms with Crippen LogP contribution >= 0.6 is 0 Å². The molecule has 1 amide bonds. The zero-order valence-electron chi connectivity index (χ0n) is 17.6. The SMILES string of the molecule is CCCN(CCC)C[C@H](NC(=O)OCC1=C2C=CC=C[C@H]2c2ccccc21)C(=O)O. The van der Waals surface area contributed by atoms with Gasteiger partial charge in [-0.05, 0) is 42.6 Å². The highest BCUT2D eigenvalue weighted by molar-refractivity contribution is 5.84. The molecule has 6 nitrogen and oxygen atoms in total. The lowest BCUT2D eigenvalue weighted by Crippen LogP contribution is -2.49. The van der Waals surface area contributed by atoms with Crippen LogP contribution in [0.3, 0.4) is 0 Å². The number of nitrogens with zero attached hydrogens (tertiary/aromatic N) is 1. The average molecular weight is 411 g/mol. The van der Waals surface area contributed by atoms with Gasteiger partial charge in [0.2, 0.25) is 0 Å². The second kappa shape index (κ2) is 10.3. The van der Waals surface area contributed by atoms with Crippen molar-refractivity contribution in [1.82, 2.24) is 10.2 Å². The number of nitrogens with one attached hydrogen (secondary N) is 1. The standard InChI is InChI=1S/C24H30N2O4/c1-3-13-26(14-4-2)15-22(23(27)28)25-24(29)30-16-21-19-11-7-5-9-17(19)18-10-6-8-12-20(18)21/h5-12,17,22H,3-4,13-16H2,1-2H3,(H,25,29)(H,27,28)/t17-,22-/m0/s1. The van der Waals surface area contributed by atoms with E-state index in [4.69, 9.17) is 4.74 Å². The number of amides is 1. The van der Waals surface area contributed by atoms with Crippen molar-refractivity contribution in [3.63, 3.8) is 0 Å². The van der Waals surface area contributed by atoms with Gasteiger partial charge in [0.15, 0.2) is 0 Å². The molecule has 2 aliphatic rings. The molecule has 2 N–H and O–H groups in total. The second-order valence-electron chi connectivity index (χ2n) is 7.65. The van der Waals surface area contributed by atoms with Crippen LogP contribution in [0.2, 0.25) is 0 Å². The Hall–Kier alpha value is -2.86. The van der Waals surface area contributed by atoms with Gasteiger partial charge in [-0.15, -0.1) is 0 Å². The molecule has 0 fully saturated rings. The summed E-state index contributed by atoms with van der Waals surface area (Å²) in [6.07, 6.45) is 9.34. The third-order valence-electron chi connectivity index (χ3n) is 5.45. The van der Waals surface area contributed by atoms with Gasteiger partial charge in [-0.2, -0.15) is 0 Å². The lowest BCUT2D eigenvalue weighted by atomic mass is 9.92. The molecule has 0 saturated heterocycles. The number of carbonyl (C=O) groups excluding carboxylic acids is 1. The summed E-state index contributed by atoms with van der Waals surface area (Å²) in [5.41, 5.74) is 4.37. The van der Waals surface area contributed by atoms with E-state index in [0.717, 1.165) is 42.6 Å². The number of alkyl carbamates (subject to hydrolysis) is 1. The first kappa shape index (κ1) is 21.8. The second-order valence-corrected chi connectivity index (χ2v) is 7.65. The number of carbonyl (C=O) groups is 2. The Balaban J connectivity index is 1.65. The molecule has 160 valence electrons. The first-order chi connectivity index (χ1) is 14.5. The summed E-state index contributed by atoms with van der Waals surface area (Å²) < 4.78 is 5.47. The fourth-order valence-electron chi connectivity index (χ4n) is 4.15. The number of hydrogen-bond acceptors (Lipinski definition) is 4. The van der Waals surface area contributed by atoms with E-state index in [0.29, 0.717) is 0 Å². The van der Waals surface area contributed by atoms with E-state index in [1.54, 1.807) is 0 Å². The largest absolute Gasteiger partial charge is 0.480 e. The van der Waals surface area contributed by atoms with Crippen LogP contribution in [0.25, 0.3) is 5.57 Å². The van der Waals surface area contributed by atoms with Gasteiger partial charge >= 0.3 is 12.1 Å². The minimum atomic E-state index is -1.06. The van der Waals surface area contributed by atoms with Crippen LogP contribution < -0.4 is 5.32 Å². The lowest BCUT2D eigenvalue weighted by molar-refractivity contribution is -0.139. The molecule has 1 aromatic rings. The zero-order valence-corrected chi connectivity index (χ0v) is 17.6. The Morgan fingerprint density at radius 1 is 1.17 bits per heavy atom. The number of hydrogen-bond donors (Lipinski definition) is 2. The van der Waals surface area contributed by atoms with Crippen LogP contribution in [-0.2, 0) is 9.53 Å². The maximum atomic E-state index is 12.4. The summed E-state index contributed by atoms with van der Waals surface area (Å²) in [5, 5.41) is 12.1. The Kier molecular flexibility index (Phi) is 7.46. The summed E-state index contributed by atoms with van der Waals surface area (Å²) in [6, 6.07) is 7.10. The molecular weight excluding hydrogens is 380 g/mol. The Morgan fingerprint density at radius 2 is 1.90 bits per heavy atom. The van der Waals surface area contributed by atoms with Crippen molar-refractivity contribution >= 4 is 17.6 Å². The Bertz CT molecular complexity index is 866. The Morgan fingerprint density at radius 3 is 2.60 bits per heavy atom. The first-order valence-electron chi connectivity index (χ1n) is 10.6. The van der Waals surface area contributed by atoms with E-state index < -0.39 is 18.1 Å². The molecule has 6 heteroatoms. The van der Waals surface area contributed by atoms with Gasteiger partial charge in [0.25, 0.3) is 0 Å². The van der Waals surface area contributed by atoms with Gasteiger partial charge in [-0.1, -0.05) is 62.4 Å². The van der Waals surface area contributed by atoms with Crippen LogP contribution in [-0.4, -0.2) is 54.4 Å². The van der Waals surface area contributed by atoms with E-state index in [2.05, 4.69) is 42.3 Å². The highest BCUT2D eigenvalue weighted by Crippen LogP contribution is 2.44. The molecule has 2 aliphatic carbocycles. The molecule has 0 aliphatic heterocycles. The predicted octanol–water partition coefficient (Wildman–Crippen LogP) is 3.96. The molecule has 30 heavy (non-hydrogen) atoms. The number of carboxylic acid groups (broad SMARTS) is 1. The van der Waals surface area contributed by atoms with E-state index in [-0.39, 0.29) is 19.1 Å². The van der Waals surface area contributed by atoms with Crippen molar-refractivity contribution in [3.05, 3.63) is 65.3 Å². The van der Waals surface area contributed by atoms with Gasteiger partial charge in [0, 0.05) is 18.0 Å². The van der Waals surface area contributed by atoms with Gasteiger partial charge < -0.3 is 20.1 Å². The summed E-state index contributed by atoms with van der Waals surface area (Å²) in [5.74, 6) is -0.880. The van der Waals surface area contributed by atoms with Crippen molar-refractivity contribution in [3.8, 4) is 0 Å². The predicted molar refractivity (Wildman–Crippen MR) is 117 cm³/mol. The number of carboxylic acids is 1. The highest BCUT2D eigenvalue weighted by Gasteiger charge is 2.30. The fourth-order valence-corrected chi connectivity index (χ4v) is 4.15. The van der Waals surface area contributed by atoms with Crippen LogP contribution in [0.4, 0.5) is 4.79 Å². The first-order valence-corrected chi connectivity index (χ1v) is 10.6. The maximum absolute atomic E-state index is 12.4.